The largest absolute Gasteiger partial charge is 0.379 e. The first-order valence-corrected chi connectivity index (χ1v) is 12.7. The lowest BCUT2D eigenvalue weighted by molar-refractivity contribution is -0.0352. The number of ether oxygens (including phenoxy) is 1. The van der Waals surface area contributed by atoms with Gasteiger partial charge >= 0.3 is 0 Å². The van der Waals surface area contributed by atoms with Gasteiger partial charge in [-0.1, -0.05) is 25.3 Å². The predicted octanol–water partition coefficient (Wildman–Crippen LogP) is 1.23. The van der Waals surface area contributed by atoms with Crippen molar-refractivity contribution >= 4 is 27.3 Å². The van der Waals surface area contributed by atoms with Gasteiger partial charge in [-0.05, 0) is 24.3 Å². The molecule has 1 aliphatic heterocycles. The molecule has 3 rings (SSSR count). The third-order valence-corrected chi connectivity index (χ3v) is 8.60. The van der Waals surface area contributed by atoms with E-state index in [1.54, 1.807) is 24.6 Å². The maximum absolute atomic E-state index is 12.2. The Labute approximate surface area is 178 Å². The molecule has 0 unspecified atom stereocenters. The zero-order valence-electron chi connectivity index (χ0n) is 17.2. The first-order chi connectivity index (χ1) is 14.1. The first kappa shape index (κ1) is 22.5. The van der Waals surface area contributed by atoms with Crippen LogP contribution in [-0.4, -0.2) is 77.8 Å². The number of morpholine rings is 1. The summed E-state index contributed by atoms with van der Waals surface area (Å²) in [5, 5.41) is 8.46. The van der Waals surface area contributed by atoms with Crippen LogP contribution >= 0.6 is 11.3 Å². The zero-order valence-corrected chi connectivity index (χ0v) is 18.8. The van der Waals surface area contributed by atoms with Crippen LogP contribution in [0.25, 0.3) is 0 Å². The summed E-state index contributed by atoms with van der Waals surface area (Å²) < 4.78 is 32.8. The summed E-state index contributed by atoms with van der Waals surface area (Å²) in [6.45, 7) is 5.19. The molecule has 0 bridgehead atoms. The minimum absolute atomic E-state index is 0.153. The van der Waals surface area contributed by atoms with Crippen molar-refractivity contribution in [2.24, 2.45) is 4.99 Å². The van der Waals surface area contributed by atoms with E-state index in [0.717, 1.165) is 32.8 Å². The number of sulfonamides is 1. The van der Waals surface area contributed by atoms with Crippen LogP contribution in [0.4, 0.5) is 0 Å². The van der Waals surface area contributed by atoms with Crippen molar-refractivity contribution in [3.63, 3.8) is 0 Å². The van der Waals surface area contributed by atoms with Gasteiger partial charge in [0.1, 0.15) is 4.21 Å². The number of thiophene rings is 1. The molecule has 1 saturated heterocycles. The second-order valence-corrected chi connectivity index (χ2v) is 10.5. The van der Waals surface area contributed by atoms with E-state index in [2.05, 4.69) is 25.2 Å². The number of nitrogens with one attached hydrogen (secondary N) is 3. The number of hydrogen-bond acceptors (Lipinski definition) is 6. The van der Waals surface area contributed by atoms with Gasteiger partial charge in [0.2, 0.25) is 10.0 Å². The molecule has 29 heavy (non-hydrogen) atoms. The number of rotatable bonds is 8. The average molecular weight is 444 g/mol. The Hall–Kier alpha value is -1.20. The Kier molecular flexibility index (Phi) is 8.31. The Morgan fingerprint density at radius 2 is 1.97 bits per heavy atom. The Balaban J connectivity index is 1.47. The van der Waals surface area contributed by atoms with E-state index >= 15 is 0 Å². The molecule has 10 heteroatoms. The number of guanidine groups is 1. The highest BCUT2D eigenvalue weighted by atomic mass is 32.2. The minimum atomic E-state index is -3.43. The van der Waals surface area contributed by atoms with Crippen LogP contribution in [0, 0.1) is 0 Å². The zero-order chi connectivity index (χ0) is 20.6. The van der Waals surface area contributed by atoms with Crippen molar-refractivity contribution in [3.8, 4) is 0 Å². The summed E-state index contributed by atoms with van der Waals surface area (Å²) in [5.41, 5.74) is 0.153. The van der Waals surface area contributed by atoms with Gasteiger partial charge in [-0.15, -0.1) is 11.3 Å². The molecule has 2 fully saturated rings. The fraction of sp³-hybridized carbons (Fsp3) is 0.737. The van der Waals surface area contributed by atoms with E-state index in [1.807, 2.05) is 0 Å². The molecule has 1 aromatic rings. The van der Waals surface area contributed by atoms with E-state index in [4.69, 9.17) is 4.74 Å². The molecule has 1 aromatic heterocycles. The molecular formula is C19H33N5O3S2. The van der Waals surface area contributed by atoms with Crippen molar-refractivity contribution in [3.05, 3.63) is 17.5 Å². The Morgan fingerprint density at radius 3 is 2.62 bits per heavy atom. The predicted molar refractivity (Wildman–Crippen MR) is 117 cm³/mol. The van der Waals surface area contributed by atoms with Crippen LogP contribution < -0.4 is 15.4 Å². The van der Waals surface area contributed by atoms with Gasteiger partial charge in [0.15, 0.2) is 5.96 Å². The number of hydrogen-bond donors (Lipinski definition) is 3. The van der Waals surface area contributed by atoms with Crippen LogP contribution in [0.15, 0.2) is 26.7 Å². The molecule has 164 valence electrons. The summed E-state index contributed by atoms with van der Waals surface area (Å²) in [7, 11) is -1.68. The van der Waals surface area contributed by atoms with Crippen LogP contribution in [0.2, 0.25) is 0 Å². The third kappa shape index (κ3) is 6.14. The van der Waals surface area contributed by atoms with Crippen molar-refractivity contribution in [1.29, 1.82) is 0 Å². The van der Waals surface area contributed by atoms with Crippen LogP contribution in [-0.2, 0) is 14.8 Å². The van der Waals surface area contributed by atoms with E-state index in [0.29, 0.717) is 23.3 Å². The molecule has 8 nitrogen and oxygen atoms in total. The highest BCUT2D eigenvalue weighted by molar-refractivity contribution is 7.91. The maximum atomic E-state index is 12.2. The maximum Gasteiger partial charge on any atom is 0.250 e. The summed E-state index contributed by atoms with van der Waals surface area (Å²) in [6, 6.07) is 3.34. The lowest BCUT2D eigenvalue weighted by Gasteiger charge is -2.48. The molecule has 0 aromatic carbocycles. The van der Waals surface area contributed by atoms with Crippen molar-refractivity contribution < 1.29 is 13.2 Å². The van der Waals surface area contributed by atoms with E-state index in [-0.39, 0.29) is 5.54 Å². The molecule has 1 aliphatic carbocycles. The van der Waals surface area contributed by atoms with Gasteiger partial charge in [-0.2, -0.15) is 0 Å². The molecule has 0 atom stereocenters. The van der Waals surface area contributed by atoms with Crippen LogP contribution in [0.3, 0.4) is 0 Å². The Morgan fingerprint density at radius 1 is 1.21 bits per heavy atom. The van der Waals surface area contributed by atoms with E-state index < -0.39 is 10.0 Å². The molecule has 0 spiro atoms. The highest BCUT2D eigenvalue weighted by Gasteiger charge is 2.38. The second kappa shape index (κ2) is 10.7. The summed E-state index contributed by atoms with van der Waals surface area (Å²) >= 11 is 1.22. The monoisotopic (exact) mass is 443 g/mol. The molecule has 2 aliphatic rings. The highest BCUT2D eigenvalue weighted by Crippen LogP contribution is 2.33. The van der Waals surface area contributed by atoms with Gasteiger partial charge in [-0.25, -0.2) is 13.1 Å². The van der Waals surface area contributed by atoms with Gasteiger partial charge in [-0.3, -0.25) is 9.89 Å². The van der Waals surface area contributed by atoms with Crippen molar-refractivity contribution in [1.82, 2.24) is 20.3 Å². The van der Waals surface area contributed by atoms with Gasteiger partial charge in [0, 0.05) is 45.3 Å². The van der Waals surface area contributed by atoms with E-state index in [1.165, 1.54) is 43.4 Å². The molecule has 0 amide bonds. The molecule has 2 heterocycles. The molecule has 3 N–H and O–H groups in total. The summed E-state index contributed by atoms with van der Waals surface area (Å²) in [5.74, 6) is 0.707. The fourth-order valence-corrected chi connectivity index (χ4v) is 6.24. The molecule has 0 radical (unpaired) electrons. The van der Waals surface area contributed by atoms with Crippen molar-refractivity contribution in [2.45, 2.75) is 41.9 Å². The molecule has 1 saturated carbocycles. The number of nitrogens with zero attached hydrogens (tertiary/aromatic N) is 2. The first-order valence-electron chi connectivity index (χ1n) is 10.4. The normalized spacial score (nSPS) is 21.1. The Bertz CT molecular complexity index is 740. The SMILES string of the molecule is CN=C(NCCNS(=O)(=O)c1cccs1)NCC1(N2CCOCC2)CCCCC1. The van der Waals surface area contributed by atoms with Gasteiger partial charge in [0.25, 0.3) is 0 Å². The van der Waals surface area contributed by atoms with Gasteiger partial charge in [0.05, 0.1) is 13.2 Å². The topological polar surface area (TPSA) is 95.1 Å². The summed E-state index contributed by atoms with van der Waals surface area (Å²) in [4.78, 5) is 6.90. The lowest BCUT2D eigenvalue weighted by Crippen LogP contribution is -2.60. The molecular weight excluding hydrogens is 410 g/mol. The van der Waals surface area contributed by atoms with Gasteiger partial charge < -0.3 is 15.4 Å². The fourth-order valence-electron chi connectivity index (χ4n) is 4.18. The van der Waals surface area contributed by atoms with E-state index in [9.17, 15) is 8.42 Å². The lowest BCUT2D eigenvalue weighted by atomic mass is 9.80. The van der Waals surface area contributed by atoms with Crippen LogP contribution in [0.5, 0.6) is 0 Å². The second-order valence-electron chi connectivity index (χ2n) is 7.57. The summed E-state index contributed by atoms with van der Waals surface area (Å²) in [6.07, 6.45) is 6.21. The number of aliphatic imine (C=N–C) groups is 1. The average Bonchev–Trinajstić information content (AvgIpc) is 3.31. The minimum Gasteiger partial charge on any atom is -0.379 e. The van der Waals surface area contributed by atoms with Crippen molar-refractivity contribution in [2.75, 3.05) is 53.0 Å². The third-order valence-electron chi connectivity index (χ3n) is 5.74. The van der Waals surface area contributed by atoms with Crippen LogP contribution in [0.1, 0.15) is 32.1 Å². The quantitative estimate of drug-likeness (QED) is 0.318. The standard InChI is InChI=1S/C19H33N5O3S2/c1-20-18(21-9-10-23-29(25,26)17-6-5-15-28-17)22-16-19(7-3-2-4-8-19)24-11-13-27-14-12-24/h5-6,15,23H,2-4,7-14,16H2,1H3,(H2,20,21,22). The smallest absolute Gasteiger partial charge is 0.250 e.